The molecule has 0 atom stereocenters. The van der Waals surface area contributed by atoms with E-state index in [1.165, 1.54) is 4.90 Å². The van der Waals surface area contributed by atoms with Gasteiger partial charge in [0, 0.05) is 11.1 Å². The Morgan fingerprint density at radius 1 is 0.903 bits per heavy atom. The zero-order chi connectivity index (χ0) is 22.0. The van der Waals surface area contributed by atoms with E-state index in [1.54, 1.807) is 66.7 Å². The van der Waals surface area contributed by atoms with Gasteiger partial charge in [-0.15, -0.1) is 0 Å². The van der Waals surface area contributed by atoms with Crippen LogP contribution in [-0.4, -0.2) is 29.5 Å². The number of carboxylic acid groups (broad SMARTS) is 1. The molecular weight excluding hydrogens is 394 g/mol. The molecule has 0 radical (unpaired) electrons. The number of hydrogen-bond acceptors (Lipinski definition) is 4. The Bertz CT molecular complexity index is 1210. The van der Waals surface area contributed by atoms with Crippen molar-refractivity contribution in [2.75, 3.05) is 11.5 Å². The number of carbonyl (C=O) groups excluding carboxylic acids is 2. The van der Waals surface area contributed by atoms with E-state index in [4.69, 9.17) is 9.84 Å². The van der Waals surface area contributed by atoms with E-state index >= 15 is 0 Å². The predicted octanol–water partition coefficient (Wildman–Crippen LogP) is 4.19. The second-order valence-electron chi connectivity index (χ2n) is 7.09. The number of imide groups is 1. The zero-order valence-corrected chi connectivity index (χ0v) is 16.7. The largest absolute Gasteiger partial charge is 0.482 e. The highest BCUT2D eigenvalue weighted by molar-refractivity contribution is 6.43. The Morgan fingerprint density at radius 2 is 1.55 bits per heavy atom. The molecule has 6 heteroatoms. The number of ether oxygens (including phenoxy) is 1. The summed E-state index contributed by atoms with van der Waals surface area (Å²) in [6.45, 7) is 1.43. The summed E-state index contributed by atoms with van der Waals surface area (Å²) in [5.41, 5.74) is 3.53. The number of aryl methyl sites for hydroxylation is 1. The fourth-order valence-corrected chi connectivity index (χ4v) is 3.50. The van der Waals surface area contributed by atoms with E-state index in [0.717, 1.165) is 11.1 Å². The first-order valence-electron chi connectivity index (χ1n) is 9.66. The maximum absolute atomic E-state index is 13.4. The van der Waals surface area contributed by atoms with Crippen LogP contribution in [0.5, 0.6) is 5.75 Å². The van der Waals surface area contributed by atoms with Gasteiger partial charge in [0.25, 0.3) is 11.8 Å². The molecule has 3 aromatic rings. The van der Waals surface area contributed by atoms with Gasteiger partial charge < -0.3 is 9.84 Å². The lowest BCUT2D eigenvalue weighted by Crippen LogP contribution is -2.42. The first-order valence-corrected chi connectivity index (χ1v) is 9.66. The van der Waals surface area contributed by atoms with Crippen LogP contribution in [0.4, 0.5) is 5.69 Å². The molecule has 1 heterocycles. The van der Waals surface area contributed by atoms with Gasteiger partial charge in [-0.2, -0.15) is 0 Å². The second-order valence-corrected chi connectivity index (χ2v) is 7.09. The fourth-order valence-electron chi connectivity index (χ4n) is 3.50. The van der Waals surface area contributed by atoms with Crippen molar-refractivity contribution in [3.63, 3.8) is 0 Å². The lowest BCUT2D eigenvalue weighted by atomic mass is 9.91. The molecule has 0 aliphatic carbocycles. The van der Waals surface area contributed by atoms with E-state index in [2.05, 4.69) is 0 Å². The van der Waals surface area contributed by atoms with Crippen LogP contribution in [0.2, 0.25) is 0 Å². The van der Waals surface area contributed by atoms with Gasteiger partial charge in [-0.25, -0.2) is 9.69 Å². The van der Waals surface area contributed by atoms with E-state index in [9.17, 15) is 14.4 Å². The van der Waals surface area contributed by atoms with E-state index in [-0.39, 0.29) is 5.91 Å². The zero-order valence-electron chi connectivity index (χ0n) is 16.7. The molecule has 1 aliphatic heterocycles. The molecule has 6 nitrogen and oxygen atoms in total. The minimum atomic E-state index is -1.06. The molecule has 0 unspecified atom stereocenters. The summed E-state index contributed by atoms with van der Waals surface area (Å²) in [5, 5.41) is 8.72. The summed E-state index contributed by atoms with van der Waals surface area (Å²) >= 11 is 0. The molecule has 4 rings (SSSR count). The van der Waals surface area contributed by atoms with E-state index < -0.39 is 18.5 Å². The normalized spacial score (nSPS) is 14.5. The standard InChI is InChI=1S/C25H19NO5/c1-16-6-2-5-9-22(16)26-24(29)20-8-4-3-7-19(20)21(25(26)30)14-17-10-12-18(13-11-17)31-15-23(27)28/h2-14H,15H2,1H3,(H,27,28). The summed E-state index contributed by atoms with van der Waals surface area (Å²) in [4.78, 5) is 38.5. The molecule has 0 saturated heterocycles. The number of carboxylic acids is 1. The maximum Gasteiger partial charge on any atom is 0.341 e. The summed E-state index contributed by atoms with van der Waals surface area (Å²) in [6.07, 6.45) is 1.72. The van der Waals surface area contributed by atoms with Crippen molar-refractivity contribution >= 4 is 35.1 Å². The number of hydrogen-bond donors (Lipinski definition) is 1. The molecule has 1 N–H and O–H groups in total. The van der Waals surface area contributed by atoms with Crippen LogP contribution in [0.1, 0.15) is 27.0 Å². The number of fused-ring (bicyclic) bond motifs is 1. The molecule has 154 valence electrons. The van der Waals surface area contributed by atoms with Crippen LogP contribution in [0.15, 0.2) is 72.8 Å². The van der Waals surface area contributed by atoms with Gasteiger partial charge >= 0.3 is 5.97 Å². The smallest absolute Gasteiger partial charge is 0.341 e. The van der Waals surface area contributed by atoms with E-state index in [1.807, 2.05) is 19.1 Å². The summed E-state index contributed by atoms with van der Waals surface area (Å²) in [6, 6.07) is 21.0. The molecule has 0 fully saturated rings. The number of amides is 2. The van der Waals surface area contributed by atoms with Crippen LogP contribution < -0.4 is 9.64 Å². The maximum atomic E-state index is 13.4. The van der Waals surface area contributed by atoms with Gasteiger partial charge in [0.05, 0.1) is 5.69 Å². The van der Waals surface area contributed by atoms with Crippen LogP contribution in [0.25, 0.3) is 11.6 Å². The summed E-state index contributed by atoms with van der Waals surface area (Å²) in [5.74, 6) is -1.40. The van der Waals surface area contributed by atoms with Crippen molar-refractivity contribution in [1.82, 2.24) is 0 Å². The van der Waals surface area contributed by atoms with Crippen molar-refractivity contribution < 1.29 is 24.2 Å². The van der Waals surface area contributed by atoms with Gasteiger partial charge in [-0.1, -0.05) is 48.5 Å². The third-order valence-corrected chi connectivity index (χ3v) is 4.99. The molecule has 0 aromatic heterocycles. The summed E-state index contributed by atoms with van der Waals surface area (Å²) < 4.78 is 5.15. The Kier molecular flexibility index (Phi) is 5.37. The average molecular weight is 413 g/mol. The van der Waals surface area contributed by atoms with Crippen molar-refractivity contribution in [3.8, 4) is 5.75 Å². The Hall–Kier alpha value is -4.19. The Labute approximate surface area is 179 Å². The van der Waals surface area contributed by atoms with Crippen LogP contribution in [0, 0.1) is 6.92 Å². The third-order valence-electron chi connectivity index (χ3n) is 4.99. The number of rotatable bonds is 5. The summed E-state index contributed by atoms with van der Waals surface area (Å²) in [7, 11) is 0. The van der Waals surface area contributed by atoms with Crippen LogP contribution in [0.3, 0.4) is 0 Å². The molecule has 2 amide bonds. The number of nitrogens with zero attached hydrogens (tertiary/aromatic N) is 1. The van der Waals surface area contributed by atoms with Gasteiger partial charge in [-0.05, 0) is 54.0 Å². The third kappa shape index (κ3) is 3.96. The molecule has 1 aliphatic rings. The lowest BCUT2D eigenvalue weighted by molar-refractivity contribution is -0.139. The predicted molar refractivity (Wildman–Crippen MR) is 117 cm³/mol. The van der Waals surface area contributed by atoms with Gasteiger partial charge in [0.15, 0.2) is 6.61 Å². The minimum Gasteiger partial charge on any atom is -0.482 e. The molecule has 0 bridgehead atoms. The Morgan fingerprint density at radius 3 is 2.23 bits per heavy atom. The molecule has 0 spiro atoms. The number of anilines is 1. The molecule has 0 saturated carbocycles. The van der Waals surface area contributed by atoms with Crippen molar-refractivity contribution in [2.24, 2.45) is 0 Å². The number of benzene rings is 3. The Balaban J connectivity index is 1.76. The van der Waals surface area contributed by atoms with Gasteiger partial charge in [-0.3, -0.25) is 9.59 Å². The van der Waals surface area contributed by atoms with Crippen LogP contribution >= 0.6 is 0 Å². The highest BCUT2D eigenvalue weighted by atomic mass is 16.5. The number of carbonyl (C=O) groups is 3. The molecule has 3 aromatic carbocycles. The fraction of sp³-hybridized carbons (Fsp3) is 0.0800. The molecular formula is C25H19NO5. The first-order chi connectivity index (χ1) is 15.0. The highest BCUT2D eigenvalue weighted by Crippen LogP contribution is 2.34. The number of aliphatic carboxylic acids is 1. The van der Waals surface area contributed by atoms with Gasteiger partial charge in [0.1, 0.15) is 5.75 Å². The topological polar surface area (TPSA) is 83.9 Å². The monoisotopic (exact) mass is 413 g/mol. The van der Waals surface area contributed by atoms with Crippen molar-refractivity contribution in [3.05, 3.63) is 95.1 Å². The minimum absolute atomic E-state index is 0.357. The quantitative estimate of drug-likeness (QED) is 0.501. The average Bonchev–Trinajstić information content (AvgIpc) is 2.77. The molecule has 31 heavy (non-hydrogen) atoms. The van der Waals surface area contributed by atoms with Crippen molar-refractivity contribution in [1.29, 1.82) is 0 Å². The first kappa shape index (κ1) is 20.1. The van der Waals surface area contributed by atoms with Crippen molar-refractivity contribution in [2.45, 2.75) is 6.92 Å². The van der Waals surface area contributed by atoms with Gasteiger partial charge in [0.2, 0.25) is 0 Å². The van der Waals surface area contributed by atoms with Crippen LogP contribution in [-0.2, 0) is 9.59 Å². The highest BCUT2D eigenvalue weighted by Gasteiger charge is 2.36. The van der Waals surface area contributed by atoms with E-state index in [0.29, 0.717) is 28.1 Å². The number of para-hydroxylation sites is 1. The SMILES string of the molecule is Cc1ccccc1N1C(=O)C(=Cc2ccc(OCC(=O)O)cc2)c2ccccc2C1=O. The lowest BCUT2D eigenvalue weighted by Gasteiger charge is -2.29. The second kappa shape index (κ2) is 8.28.